The Morgan fingerprint density at radius 2 is 1.78 bits per heavy atom. The van der Waals surface area contributed by atoms with Gasteiger partial charge in [0.2, 0.25) is 11.8 Å². The van der Waals surface area contributed by atoms with Crippen LogP contribution >= 0.6 is 15.9 Å². The topological polar surface area (TPSA) is 61.4 Å². The third-order valence-corrected chi connectivity index (χ3v) is 4.64. The molecule has 0 bridgehead atoms. The predicted molar refractivity (Wildman–Crippen MR) is 95.3 cm³/mol. The highest BCUT2D eigenvalue weighted by Crippen LogP contribution is 2.21. The van der Waals surface area contributed by atoms with Crippen LogP contribution in [-0.4, -0.2) is 42.9 Å². The summed E-state index contributed by atoms with van der Waals surface area (Å²) in [6, 6.07) is 7.76. The SMILES string of the molecule is CN(CC(=O)Nc1ccccc1Br)CC(=O)NC1CCCCC1. The minimum Gasteiger partial charge on any atom is -0.352 e. The summed E-state index contributed by atoms with van der Waals surface area (Å²) >= 11 is 3.39. The lowest BCUT2D eigenvalue weighted by Gasteiger charge is -2.24. The summed E-state index contributed by atoms with van der Waals surface area (Å²) in [5, 5.41) is 5.90. The number of benzene rings is 1. The molecule has 1 saturated carbocycles. The largest absolute Gasteiger partial charge is 0.352 e. The van der Waals surface area contributed by atoms with E-state index < -0.39 is 0 Å². The molecule has 5 nitrogen and oxygen atoms in total. The minimum absolute atomic E-state index is 0.00640. The van der Waals surface area contributed by atoms with Gasteiger partial charge in [-0.2, -0.15) is 0 Å². The Hall–Kier alpha value is -1.40. The van der Waals surface area contributed by atoms with E-state index >= 15 is 0 Å². The number of likely N-dealkylation sites (N-methyl/N-ethyl adjacent to an activating group) is 1. The lowest BCUT2D eigenvalue weighted by atomic mass is 9.95. The summed E-state index contributed by atoms with van der Waals surface area (Å²) in [4.78, 5) is 25.8. The molecule has 126 valence electrons. The molecule has 1 fully saturated rings. The van der Waals surface area contributed by atoms with Crippen LogP contribution in [0.4, 0.5) is 5.69 Å². The molecule has 1 aromatic rings. The zero-order valence-corrected chi connectivity index (χ0v) is 15.1. The van der Waals surface area contributed by atoms with Gasteiger partial charge in [-0.1, -0.05) is 31.4 Å². The second-order valence-electron chi connectivity index (χ2n) is 6.10. The van der Waals surface area contributed by atoms with E-state index in [4.69, 9.17) is 0 Å². The maximum atomic E-state index is 12.0. The van der Waals surface area contributed by atoms with E-state index in [0.29, 0.717) is 6.04 Å². The van der Waals surface area contributed by atoms with E-state index in [1.807, 2.05) is 24.3 Å². The first-order valence-electron chi connectivity index (χ1n) is 8.07. The van der Waals surface area contributed by atoms with Crippen molar-refractivity contribution in [3.8, 4) is 0 Å². The molecular formula is C17H24BrN3O2. The number of para-hydroxylation sites is 1. The Bertz CT molecular complexity index is 544. The van der Waals surface area contributed by atoms with Gasteiger partial charge >= 0.3 is 0 Å². The number of nitrogens with one attached hydrogen (secondary N) is 2. The van der Waals surface area contributed by atoms with Crippen LogP contribution in [0.25, 0.3) is 0 Å². The molecule has 2 N–H and O–H groups in total. The van der Waals surface area contributed by atoms with Gasteiger partial charge in [-0.25, -0.2) is 0 Å². The number of anilines is 1. The van der Waals surface area contributed by atoms with Crippen LogP contribution in [0, 0.1) is 0 Å². The van der Waals surface area contributed by atoms with Crippen LogP contribution in [0.15, 0.2) is 28.7 Å². The van der Waals surface area contributed by atoms with Gasteiger partial charge in [0.15, 0.2) is 0 Å². The minimum atomic E-state index is -0.134. The molecule has 0 atom stereocenters. The fraction of sp³-hybridized carbons (Fsp3) is 0.529. The molecule has 0 saturated heterocycles. The average Bonchev–Trinajstić information content (AvgIpc) is 2.50. The van der Waals surface area contributed by atoms with E-state index in [9.17, 15) is 9.59 Å². The lowest BCUT2D eigenvalue weighted by Crippen LogP contribution is -2.43. The van der Waals surface area contributed by atoms with Crippen molar-refractivity contribution in [2.75, 3.05) is 25.5 Å². The zero-order valence-electron chi connectivity index (χ0n) is 13.5. The highest BCUT2D eigenvalue weighted by Gasteiger charge is 2.17. The van der Waals surface area contributed by atoms with Gasteiger partial charge < -0.3 is 10.6 Å². The third kappa shape index (κ3) is 6.31. The Kier molecular flexibility index (Phi) is 7.05. The van der Waals surface area contributed by atoms with Crippen molar-refractivity contribution in [3.05, 3.63) is 28.7 Å². The second kappa shape index (κ2) is 9.03. The summed E-state index contributed by atoms with van der Waals surface area (Å²) in [7, 11) is 1.78. The van der Waals surface area contributed by atoms with Gasteiger partial charge in [-0.15, -0.1) is 0 Å². The number of nitrogens with zero attached hydrogens (tertiary/aromatic N) is 1. The maximum absolute atomic E-state index is 12.0. The number of carbonyl (C=O) groups excluding carboxylic acids is 2. The first-order chi connectivity index (χ1) is 11.0. The van der Waals surface area contributed by atoms with Crippen molar-refractivity contribution in [2.24, 2.45) is 0 Å². The van der Waals surface area contributed by atoms with Crippen molar-refractivity contribution < 1.29 is 9.59 Å². The lowest BCUT2D eigenvalue weighted by molar-refractivity contribution is -0.123. The molecular weight excluding hydrogens is 358 g/mol. The monoisotopic (exact) mass is 381 g/mol. The van der Waals surface area contributed by atoms with Gasteiger partial charge in [0.1, 0.15) is 0 Å². The fourth-order valence-electron chi connectivity index (χ4n) is 2.82. The van der Waals surface area contributed by atoms with Crippen molar-refractivity contribution in [1.29, 1.82) is 0 Å². The molecule has 23 heavy (non-hydrogen) atoms. The van der Waals surface area contributed by atoms with E-state index in [0.717, 1.165) is 23.0 Å². The number of halogens is 1. The molecule has 2 rings (SSSR count). The molecule has 0 spiro atoms. The first-order valence-corrected chi connectivity index (χ1v) is 8.86. The van der Waals surface area contributed by atoms with Gasteiger partial charge in [0.05, 0.1) is 18.8 Å². The molecule has 0 unspecified atom stereocenters. The molecule has 2 amide bonds. The van der Waals surface area contributed by atoms with E-state index in [1.54, 1.807) is 11.9 Å². The maximum Gasteiger partial charge on any atom is 0.238 e. The molecule has 6 heteroatoms. The average molecular weight is 382 g/mol. The number of hydrogen-bond acceptors (Lipinski definition) is 3. The molecule has 0 heterocycles. The molecule has 0 radical (unpaired) electrons. The van der Waals surface area contributed by atoms with Crippen LogP contribution in [0.1, 0.15) is 32.1 Å². The molecule has 1 aromatic carbocycles. The Labute approximate surface area is 145 Å². The van der Waals surface area contributed by atoms with Gasteiger partial charge in [-0.3, -0.25) is 14.5 Å². The van der Waals surface area contributed by atoms with Crippen LogP contribution in [0.5, 0.6) is 0 Å². The molecule has 1 aliphatic rings. The third-order valence-electron chi connectivity index (χ3n) is 3.95. The van der Waals surface area contributed by atoms with Crippen LogP contribution < -0.4 is 10.6 Å². The quantitative estimate of drug-likeness (QED) is 0.796. The second-order valence-corrected chi connectivity index (χ2v) is 6.96. The van der Waals surface area contributed by atoms with Gasteiger partial charge in [-0.05, 0) is 48.0 Å². The number of hydrogen-bond donors (Lipinski definition) is 2. The van der Waals surface area contributed by atoms with E-state index in [1.165, 1.54) is 19.3 Å². The van der Waals surface area contributed by atoms with Gasteiger partial charge in [0, 0.05) is 10.5 Å². The summed E-state index contributed by atoms with van der Waals surface area (Å²) < 4.78 is 0.839. The summed E-state index contributed by atoms with van der Waals surface area (Å²) in [6.45, 7) is 0.416. The molecule has 1 aliphatic carbocycles. The van der Waals surface area contributed by atoms with Crippen LogP contribution in [-0.2, 0) is 9.59 Å². The van der Waals surface area contributed by atoms with Crippen molar-refractivity contribution >= 4 is 33.4 Å². The normalized spacial score (nSPS) is 15.4. The number of rotatable bonds is 6. The summed E-state index contributed by atoms with van der Waals surface area (Å²) in [6.07, 6.45) is 5.78. The molecule has 0 aliphatic heterocycles. The van der Waals surface area contributed by atoms with Crippen LogP contribution in [0.3, 0.4) is 0 Å². The first kappa shape index (κ1) is 17.9. The highest BCUT2D eigenvalue weighted by atomic mass is 79.9. The van der Waals surface area contributed by atoms with Crippen molar-refractivity contribution in [3.63, 3.8) is 0 Å². The molecule has 0 aromatic heterocycles. The van der Waals surface area contributed by atoms with Crippen LogP contribution in [0.2, 0.25) is 0 Å². The number of amides is 2. The van der Waals surface area contributed by atoms with E-state index in [2.05, 4.69) is 26.6 Å². The summed E-state index contributed by atoms with van der Waals surface area (Å²) in [5.41, 5.74) is 0.734. The Morgan fingerprint density at radius 3 is 2.48 bits per heavy atom. The zero-order chi connectivity index (χ0) is 16.7. The van der Waals surface area contributed by atoms with E-state index in [-0.39, 0.29) is 24.9 Å². The number of carbonyl (C=O) groups is 2. The van der Waals surface area contributed by atoms with Crippen molar-refractivity contribution in [2.45, 2.75) is 38.1 Å². The highest BCUT2D eigenvalue weighted by molar-refractivity contribution is 9.10. The standard InChI is InChI=1S/C17H24BrN3O2/c1-21(11-16(22)19-13-7-3-2-4-8-13)12-17(23)20-15-10-6-5-9-14(15)18/h5-6,9-10,13H,2-4,7-8,11-12H2,1H3,(H,19,22)(H,20,23). The van der Waals surface area contributed by atoms with Gasteiger partial charge in [0.25, 0.3) is 0 Å². The Balaban J connectivity index is 1.73. The Morgan fingerprint density at radius 1 is 1.13 bits per heavy atom. The van der Waals surface area contributed by atoms with Crippen molar-refractivity contribution in [1.82, 2.24) is 10.2 Å². The smallest absolute Gasteiger partial charge is 0.238 e. The summed E-state index contributed by atoms with van der Waals surface area (Å²) in [5.74, 6) is -0.141. The predicted octanol–water partition coefficient (Wildman–Crippen LogP) is 2.77. The fourth-order valence-corrected chi connectivity index (χ4v) is 3.20.